The quantitative estimate of drug-likeness (QED) is 0.808. The summed E-state index contributed by atoms with van der Waals surface area (Å²) in [6.45, 7) is 6.65. The van der Waals surface area contributed by atoms with Crippen molar-refractivity contribution in [2.45, 2.75) is 19.4 Å². The van der Waals surface area contributed by atoms with Crippen LogP contribution in [0.15, 0.2) is 42.5 Å². The molecule has 0 aromatic heterocycles. The molecule has 0 spiro atoms. The van der Waals surface area contributed by atoms with Crippen LogP contribution in [-0.2, 0) is 0 Å². The van der Waals surface area contributed by atoms with E-state index >= 15 is 0 Å². The summed E-state index contributed by atoms with van der Waals surface area (Å²) in [6, 6.07) is 14.4. The van der Waals surface area contributed by atoms with Crippen LogP contribution in [0.25, 0.3) is 0 Å². The van der Waals surface area contributed by atoms with Gasteiger partial charge in [-0.05, 0) is 49.7 Å². The summed E-state index contributed by atoms with van der Waals surface area (Å²) < 4.78 is 17.2. The van der Waals surface area contributed by atoms with E-state index in [0.717, 1.165) is 55.4 Å². The Hall–Kier alpha value is -2.24. The van der Waals surface area contributed by atoms with Crippen LogP contribution < -0.4 is 19.5 Å². The highest BCUT2D eigenvalue weighted by Gasteiger charge is 2.29. The van der Waals surface area contributed by atoms with Gasteiger partial charge in [0, 0.05) is 19.6 Å². The molecular weight excluding hydrogens is 340 g/mol. The molecule has 0 radical (unpaired) electrons. The van der Waals surface area contributed by atoms with Gasteiger partial charge < -0.3 is 19.5 Å². The molecule has 2 aromatic carbocycles. The molecule has 1 N–H and O–H groups in total. The number of ether oxygens (including phenoxy) is 3. The van der Waals surface area contributed by atoms with Crippen molar-refractivity contribution in [1.29, 1.82) is 0 Å². The van der Waals surface area contributed by atoms with E-state index in [1.54, 1.807) is 14.2 Å². The van der Waals surface area contributed by atoms with Gasteiger partial charge in [-0.2, -0.15) is 0 Å². The van der Waals surface area contributed by atoms with E-state index in [1.165, 1.54) is 5.56 Å². The summed E-state index contributed by atoms with van der Waals surface area (Å²) in [5, 5.41) is 3.50. The topological polar surface area (TPSA) is 43.0 Å². The number of nitrogens with one attached hydrogen (secondary N) is 1. The largest absolute Gasteiger partial charge is 0.496 e. The summed E-state index contributed by atoms with van der Waals surface area (Å²) in [4.78, 5) is 2.51. The average Bonchev–Trinajstić information content (AvgIpc) is 2.98. The van der Waals surface area contributed by atoms with Gasteiger partial charge >= 0.3 is 0 Å². The fourth-order valence-corrected chi connectivity index (χ4v) is 3.78. The minimum atomic E-state index is 0.0383. The van der Waals surface area contributed by atoms with Crippen LogP contribution in [0, 0.1) is 0 Å². The lowest BCUT2D eigenvalue weighted by Crippen LogP contribution is -2.33. The molecule has 0 bridgehead atoms. The summed E-state index contributed by atoms with van der Waals surface area (Å²) in [5.74, 6) is 2.58. The van der Waals surface area contributed by atoms with Crippen molar-refractivity contribution in [2.24, 2.45) is 0 Å². The summed E-state index contributed by atoms with van der Waals surface area (Å²) in [5.41, 5.74) is 2.25. The molecule has 2 aromatic rings. The minimum Gasteiger partial charge on any atom is -0.496 e. The predicted molar refractivity (Wildman–Crippen MR) is 108 cm³/mol. The lowest BCUT2D eigenvalue weighted by Gasteiger charge is -2.33. The third kappa shape index (κ3) is 4.54. The second-order valence-electron chi connectivity index (χ2n) is 6.62. The Morgan fingerprint density at radius 1 is 1.00 bits per heavy atom. The first-order valence-electron chi connectivity index (χ1n) is 9.67. The third-order valence-electron chi connectivity index (χ3n) is 4.96. The second kappa shape index (κ2) is 9.62. The monoisotopic (exact) mass is 370 g/mol. The maximum Gasteiger partial charge on any atom is 0.127 e. The van der Waals surface area contributed by atoms with Crippen molar-refractivity contribution in [3.8, 4) is 17.2 Å². The Labute approximate surface area is 162 Å². The van der Waals surface area contributed by atoms with Crippen LogP contribution in [0.1, 0.15) is 30.5 Å². The number of benzene rings is 2. The Morgan fingerprint density at radius 2 is 1.74 bits per heavy atom. The van der Waals surface area contributed by atoms with Gasteiger partial charge in [-0.15, -0.1) is 0 Å². The minimum absolute atomic E-state index is 0.0383. The van der Waals surface area contributed by atoms with E-state index in [-0.39, 0.29) is 6.04 Å². The number of hydrogen-bond donors (Lipinski definition) is 1. The highest BCUT2D eigenvalue weighted by molar-refractivity contribution is 5.51. The first-order valence-corrected chi connectivity index (χ1v) is 9.67. The zero-order valence-corrected chi connectivity index (χ0v) is 16.5. The maximum absolute atomic E-state index is 5.76. The summed E-state index contributed by atoms with van der Waals surface area (Å²) >= 11 is 0. The van der Waals surface area contributed by atoms with Crippen LogP contribution in [-0.4, -0.2) is 51.9 Å². The molecule has 0 amide bonds. The van der Waals surface area contributed by atoms with Gasteiger partial charge in [0.15, 0.2) is 0 Å². The number of rotatable bonds is 7. The summed E-state index contributed by atoms with van der Waals surface area (Å²) in [7, 11) is 3.44. The van der Waals surface area contributed by atoms with E-state index in [2.05, 4.69) is 28.4 Å². The molecule has 146 valence electrons. The molecule has 1 saturated heterocycles. The zero-order chi connectivity index (χ0) is 19.1. The lowest BCUT2D eigenvalue weighted by molar-refractivity contribution is 0.230. The van der Waals surface area contributed by atoms with Gasteiger partial charge in [0.25, 0.3) is 0 Å². The first kappa shape index (κ1) is 19.5. The van der Waals surface area contributed by atoms with E-state index in [1.807, 2.05) is 31.2 Å². The van der Waals surface area contributed by atoms with Gasteiger partial charge in [-0.1, -0.05) is 18.2 Å². The molecule has 1 unspecified atom stereocenters. The Morgan fingerprint density at radius 3 is 2.44 bits per heavy atom. The van der Waals surface area contributed by atoms with Crippen molar-refractivity contribution in [3.63, 3.8) is 0 Å². The zero-order valence-electron chi connectivity index (χ0n) is 16.5. The van der Waals surface area contributed by atoms with Crippen molar-refractivity contribution >= 4 is 0 Å². The molecular formula is C22H30N2O3. The average molecular weight is 370 g/mol. The van der Waals surface area contributed by atoms with Crippen molar-refractivity contribution in [2.75, 3.05) is 47.0 Å². The molecule has 1 aliphatic heterocycles. The smallest absolute Gasteiger partial charge is 0.127 e. The van der Waals surface area contributed by atoms with Gasteiger partial charge in [0.05, 0.1) is 32.4 Å². The molecule has 3 rings (SSSR count). The first-order chi connectivity index (χ1) is 13.3. The highest BCUT2D eigenvalue weighted by Crippen LogP contribution is 2.41. The molecule has 0 saturated carbocycles. The number of hydrogen-bond acceptors (Lipinski definition) is 5. The Balaban J connectivity index is 2.12. The van der Waals surface area contributed by atoms with Crippen LogP contribution in [0.5, 0.6) is 17.2 Å². The molecule has 5 heteroatoms. The number of nitrogens with zero attached hydrogens (tertiary/aromatic N) is 1. The Bertz CT molecular complexity index is 705. The molecule has 1 fully saturated rings. The molecule has 1 atom stereocenters. The normalized spacial score (nSPS) is 16.4. The van der Waals surface area contributed by atoms with E-state index in [4.69, 9.17) is 14.2 Å². The van der Waals surface area contributed by atoms with Crippen LogP contribution >= 0.6 is 0 Å². The van der Waals surface area contributed by atoms with Crippen molar-refractivity contribution in [1.82, 2.24) is 10.2 Å². The standard InChI is InChI=1S/C22H30N2O3/c1-4-27-18-9-5-8-17(16-18)22(24-14-7-12-23-13-15-24)21-19(25-2)10-6-11-20(21)26-3/h5-6,8-11,16,22-23H,4,7,12-15H2,1-3H3. The fraction of sp³-hybridized carbons (Fsp3) is 0.455. The van der Waals surface area contributed by atoms with Crippen LogP contribution in [0.3, 0.4) is 0 Å². The molecule has 27 heavy (non-hydrogen) atoms. The third-order valence-corrected chi connectivity index (χ3v) is 4.96. The van der Waals surface area contributed by atoms with Crippen molar-refractivity contribution in [3.05, 3.63) is 53.6 Å². The maximum atomic E-state index is 5.76. The lowest BCUT2D eigenvalue weighted by atomic mass is 9.94. The fourth-order valence-electron chi connectivity index (χ4n) is 3.78. The highest BCUT2D eigenvalue weighted by atomic mass is 16.5. The van der Waals surface area contributed by atoms with Gasteiger partial charge in [-0.25, -0.2) is 0 Å². The molecule has 5 nitrogen and oxygen atoms in total. The van der Waals surface area contributed by atoms with Gasteiger partial charge in [0.1, 0.15) is 17.2 Å². The second-order valence-corrected chi connectivity index (χ2v) is 6.62. The van der Waals surface area contributed by atoms with E-state index in [9.17, 15) is 0 Å². The summed E-state index contributed by atoms with van der Waals surface area (Å²) in [6.07, 6.45) is 1.11. The van der Waals surface area contributed by atoms with Gasteiger partial charge in [-0.3, -0.25) is 4.90 Å². The van der Waals surface area contributed by atoms with E-state index in [0.29, 0.717) is 6.61 Å². The molecule has 0 aliphatic carbocycles. The molecule has 1 heterocycles. The number of methoxy groups -OCH3 is 2. The molecule has 1 aliphatic rings. The Kier molecular flexibility index (Phi) is 6.96. The van der Waals surface area contributed by atoms with Crippen LogP contribution in [0.2, 0.25) is 0 Å². The van der Waals surface area contributed by atoms with Gasteiger partial charge in [0.2, 0.25) is 0 Å². The van der Waals surface area contributed by atoms with Crippen molar-refractivity contribution < 1.29 is 14.2 Å². The van der Waals surface area contributed by atoms with E-state index < -0.39 is 0 Å². The SMILES string of the molecule is CCOc1cccc(C(c2c(OC)cccc2OC)N2CCCNCC2)c1. The van der Waals surface area contributed by atoms with Crippen LogP contribution in [0.4, 0.5) is 0 Å². The predicted octanol–water partition coefficient (Wildman–Crippen LogP) is 3.49.